The van der Waals surface area contributed by atoms with Crippen LogP contribution in [0, 0.1) is 0 Å². The van der Waals surface area contributed by atoms with Gasteiger partial charge in [-0.2, -0.15) is 0 Å². The lowest BCUT2D eigenvalue weighted by Crippen LogP contribution is -2.69. The molecule has 5 rings (SSSR count). The third kappa shape index (κ3) is 15.6. The van der Waals surface area contributed by atoms with Crippen molar-refractivity contribution in [3.8, 4) is 0 Å². The molecule has 15 N–H and O–H groups in total. The summed E-state index contributed by atoms with van der Waals surface area (Å²) >= 11 is 0. The predicted molar refractivity (Wildman–Crippen MR) is 240 cm³/mol. The molecule has 72 heavy (non-hydrogen) atoms. The van der Waals surface area contributed by atoms with Gasteiger partial charge in [0.25, 0.3) is 0 Å². The van der Waals surface area contributed by atoms with E-state index in [4.69, 9.17) is 52.5 Å². The van der Waals surface area contributed by atoms with Crippen molar-refractivity contribution in [1.29, 1.82) is 0 Å². The Morgan fingerprint density at radius 2 is 0.847 bits per heavy atom. The molecular formula is C46H82O26. The Morgan fingerprint density at radius 3 is 1.39 bits per heavy atom. The van der Waals surface area contributed by atoms with Gasteiger partial charge in [-0.3, -0.25) is 4.79 Å². The molecule has 26 nitrogen and oxygen atoms in total. The average Bonchev–Trinajstić information content (AvgIpc) is 3.35. The highest BCUT2D eigenvalue weighted by atomic mass is 16.8. The van der Waals surface area contributed by atoms with Gasteiger partial charge in [-0.25, -0.2) is 0 Å². The fourth-order valence-corrected chi connectivity index (χ4v) is 9.58. The SMILES string of the molecule is CCCCC[C@@H](CCCCCCCCCC(=O)O)O[C@@H]1O[C@H](C)[C@@H](O)[C@H](O)[C@H]1O[C@@H]1O[C@H](CO)[C@@H](O)[C@H](O[C@@H]2O[C@H](CO)[C@@H](O)[C@H](O)[C@H]2O)[C@H]1O[C@@H]1O[C@@H](C)[C@H](O)[C@@H](O[C@@H]2O[C@H](CO)[C@@H](O)[C@H](O)[C@H]2O)[C@H]1O. The molecule has 422 valence electrons. The number of ether oxygens (including phenoxy) is 10. The molecule has 5 heterocycles. The molecule has 0 aromatic carbocycles. The quantitative estimate of drug-likeness (QED) is 0.0346. The molecule has 5 aliphatic heterocycles. The minimum atomic E-state index is -2.09. The van der Waals surface area contributed by atoms with Crippen molar-refractivity contribution in [1.82, 2.24) is 0 Å². The Labute approximate surface area is 417 Å². The van der Waals surface area contributed by atoms with Crippen molar-refractivity contribution < 1.29 is 129 Å². The first kappa shape index (κ1) is 61.4. The Bertz CT molecular complexity index is 1550. The van der Waals surface area contributed by atoms with E-state index in [2.05, 4.69) is 0 Å². The average molecular weight is 1050 g/mol. The molecule has 5 saturated heterocycles. The number of hydrogen-bond donors (Lipinski definition) is 15. The Morgan fingerprint density at radius 1 is 0.417 bits per heavy atom. The normalized spacial score (nSPS) is 44.4. The summed E-state index contributed by atoms with van der Waals surface area (Å²) in [6, 6.07) is 0. The van der Waals surface area contributed by atoms with Gasteiger partial charge in [-0.1, -0.05) is 64.7 Å². The molecule has 0 aromatic rings. The third-order valence-corrected chi connectivity index (χ3v) is 14.1. The van der Waals surface area contributed by atoms with Crippen molar-refractivity contribution >= 4 is 5.97 Å². The number of unbranched alkanes of at least 4 members (excludes halogenated alkanes) is 8. The highest BCUT2D eigenvalue weighted by Gasteiger charge is 2.57. The number of carboxylic acids is 1. The zero-order valence-corrected chi connectivity index (χ0v) is 41.0. The molecule has 26 atom stereocenters. The minimum Gasteiger partial charge on any atom is -0.481 e. The molecule has 0 radical (unpaired) electrons. The number of aliphatic carboxylic acids is 1. The van der Waals surface area contributed by atoms with Crippen LogP contribution in [-0.4, -0.2) is 262 Å². The van der Waals surface area contributed by atoms with Gasteiger partial charge in [0.15, 0.2) is 31.5 Å². The summed E-state index contributed by atoms with van der Waals surface area (Å²) in [5.74, 6) is -0.823. The van der Waals surface area contributed by atoms with E-state index < -0.39 is 185 Å². The van der Waals surface area contributed by atoms with E-state index in [9.17, 15) is 76.3 Å². The van der Waals surface area contributed by atoms with Crippen LogP contribution in [-0.2, 0) is 52.2 Å². The number of aliphatic hydroxyl groups is 14. The fourth-order valence-electron chi connectivity index (χ4n) is 9.58. The van der Waals surface area contributed by atoms with Crippen molar-refractivity contribution in [2.24, 2.45) is 0 Å². The molecule has 0 unspecified atom stereocenters. The van der Waals surface area contributed by atoms with Crippen LogP contribution < -0.4 is 0 Å². The molecule has 0 aromatic heterocycles. The zero-order chi connectivity index (χ0) is 53.0. The van der Waals surface area contributed by atoms with Crippen LogP contribution in [0.15, 0.2) is 0 Å². The lowest BCUT2D eigenvalue weighted by atomic mass is 9.95. The molecule has 26 heteroatoms. The van der Waals surface area contributed by atoms with Crippen LogP contribution in [0.2, 0.25) is 0 Å². The van der Waals surface area contributed by atoms with Gasteiger partial charge in [0.2, 0.25) is 0 Å². The maximum absolute atomic E-state index is 11.8. The summed E-state index contributed by atoms with van der Waals surface area (Å²) in [6.45, 7) is 2.25. The number of hydrogen-bond acceptors (Lipinski definition) is 25. The van der Waals surface area contributed by atoms with E-state index >= 15 is 0 Å². The van der Waals surface area contributed by atoms with E-state index in [1.165, 1.54) is 13.8 Å². The van der Waals surface area contributed by atoms with Crippen LogP contribution in [0.1, 0.15) is 104 Å². The Hall–Kier alpha value is -1.49. The lowest BCUT2D eigenvalue weighted by molar-refractivity contribution is -0.413. The summed E-state index contributed by atoms with van der Waals surface area (Å²) < 4.78 is 60.3. The first-order chi connectivity index (χ1) is 34.3. The van der Waals surface area contributed by atoms with Crippen LogP contribution in [0.5, 0.6) is 0 Å². The van der Waals surface area contributed by atoms with E-state index in [-0.39, 0.29) is 6.42 Å². The molecule has 0 aliphatic carbocycles. The number of rotatable bonds is 27. The molecule has 0 saturated carbocycles. The molecule has 0 spiro atoms. The largest absolute Gasteiger partial charge is 0.481 e. The monoisotopic (exact) mass is 1050 g/mol. The molecular weight excluding hydrogens is 968 g/mol. The van der Waals surface area contributed by atoms with E-state index in [1.807, 2.05) is 6.92 Å². The van der Waals surface area contributed by atoms with Gasteiger partial charge >= 0.3 is 5.97 Å². The van der Waals surface area contributed by atoms with Gasteiger partial charge < -0.3 is 124 Å². The predicted octanol–water partition coefficient (Wildman–Crippen LogP) is -4.30. The molecule has 5 aliphatic rings. The number of aliphatic hydroxyl groups excluding tert-OH is 14. The molecule has 5 fully saturated rings. The smallest absolute Gasteiger partial charge is 0.303 e. The molecule has 0 amide bonds. The van der Waals surface area contributed by atoms with E-state index in [1.54, 1.807) is 0 Å². The summed E-state index contributed by atoms with van der Waals surface area (Å²) in [6.07, 6.45) is -34.8. The van der Waals surface area contributed by atoms with E-state index in [0.717, 1.165) is 57.8 Å². The van der Waals surface area contributed by atoms with Gasteiger partial charge in [-0.05, 0) is 33.1 Å². The second-order valence-electron chi connectivity index (χ2n) is 19.6. The Kier molecular flexibility index (Phi) is 25.0. The van der Waals surface area contributed by atoms with Crippen molar-refractivity contribution in [2.75, 3.05) is 19.8 Å². The van der Waals surface area contributed by atoms with Gasteiger partial charge in [0, 0.05) is 6.42 Å². The van der Waals surface area contributed by atoms with Gasteiger partial charge in [-0.15, -0.1) is 0 Å². The van der Waals surface area contributed by atoms with Crippen LogP contribution in [0.3, 0.4) is 0 Å². The number of carboxylic acid groups (broad SMARTS) is 1. The number of carbonyl (C=O) groups is 1. The van der Waals surface area contributed by atoms with Crippen molar-refractivity contribution in [3.63, 3.8) is 0 Å². The fraction of sp³-hybridized carbons (Fsp3) is 0.978. The standard InChI is InChI=1S/C46H82O26/c1-4-5-11-14-22(15-12-9-7-6-8-10-13-16-26(50)51)65-45-40(34(59)27(52)20(2)64-45)71-46-41(39(31(56)25(19-49)68-46)70-43-36(61)33(58)30(55)24(18-48)67-43)72-44-37(62)38(28(53)21(3)63-44)69-42-35(60)32(57)29(54)23(17-47)66-42/h20-25,27-49,52-62H,4-19H2,1-3H3,(H,50,51)/t20-,21+,22+,23-,24-,25-,27-,28+,29-,30-,31-,32+,33+,34+,35-,36-,37-,38-,39+,40-,41-,42+,43+,44+,45+,46+/m1/s1. The zero-order valence-electron chi connectivity index (χ0n) is 41.0. The summed E-state index contributed by atoms with van der Waals surface area (Å²) in [7, 11) is 0. The van der Waals surface area contributed by atoms with Crippen molar-refractivity contribution in [3.05, 3.63) is 0 Å². The summed E-state index contributed by atoms with van der Waals surface area (Å²) in [4.78, 5) is 10.9. The van der Waals surface area contributed by atoms with Gasteiger partial charge in [0.05, 0.1) is 38.1 Å². The van der Waals surface area contributed by atoms with E-state index in [0.29, 0.717) is 19.3 Å². The van der Waals surface area contributed by atoms with Crippen LogP contribution in [0.4, 0.5) is 0 Å². The maximum Gasteiger partial charge on any atom is 0.303 e. The third-order valence-electron chi connectivity index (χ3n) is 14.1. The summed E-state index contributed by atoms with van der Waals surface area (Å²) in [5.41, 5.74) is 0. The lowest BCUT2D eigenvalue weighted by Gasteiger charge is -2.51. The van der Waals surface area contributed by atoms with Gasteiger partial charge in [0.1, 0.15) is 110 Å². The van der Waals surface area contributed by atoms with Crippen molar-refractivity contribution in [2.45, 2.75) is 264 Å². The topological polar surface area (TPSA) is 413 Å². The Balaban J connectivity index is 1.45. The first-order valence-corrected chi connectivity index (χ1v) is 25.4. The highest BCUT2D eigenvalue weighted by molar-refractivity contribution is 5.66. The maximum atomic E-state index is 11.8. The second kappa shape index (κ2) is 29.3. The van der Waals surface area contributed by atoms with Crippen LogP contribution in [0.25, 0.3) is 0 Å². The minimum absolute atomic E-state index is 0.130. The molecule has 0 bridgehead atoms. The first-order valence-electron chi connectivity index (χ1n) is 25.4. The second-order valence-corrected chi connectivity index (χ2v) is 19.6. The van der Waals surface area contributed by atoms with Crippen LogP contribution >= 0.6 is 0 Å². The highest BCUT2D eigenvalue weighted by Crippen LogP contribution is 2.38. The summed E-state index contributed by atoms with van der Waals surface area (Å²) in [5, 5.41) is 161.